The lowest BCUT2D eigenvalue weighted by Gasteiger charge is -2.20. The molecule has 1 unspecified atom stereocenters. The van der Waals surface area contributed by atoms with Gasteiger partial charge in [0.15, 0.2) is 0 Å². The SMILES string of the molecule is CC(C)C(NC(=O)c1ccc(Cl)cc1Cl)C(=O)N/N=C\c1cn(Cc2ccc(Cl)cc2Cl)c2ccccc12. The number of carbonyl (C=O) groups excluding carboxylic acids is 2. The molecule has 0 aliphatic carbocycles. The Morgan fingerprint density at radius 3 is 2.32 bits per heavy atom. The Kier molecular flexibility index (Phi) is 9.00. The molecule has 2 amide bonds. The van der Waals surface area contributed by atoms with E-state index in [4.69, 9.17) is 46.4 Å². The molecule has 2 N–H and O–H groups in total. The average Bonchev–Trinajstić information content (AvgIpc) is 3.21. The number of hydrogen-bond acceptors (Lipinski definition) is 3. The van der Waals surface area contributed by atoms with E-state index in [1.54, 1.807) is 24.4 Å². The van der Waals surface area contributed by atoms with Crippen molar-refractivity contribution in [3.63, 3.8) is 0 Å². The summed E-state index contributed by atoms with van der Waals surface area (Å²) in [6, 6.07) is 17.0. The molecular formula is C28H24Cl4N4O2. The standard InChI is InChI=1S/C28H24Cl4N4O2/c1-16(2)26(34-27(37)22-10-9-20(30)12-24(22)32)28(38)35-33-13-18-15-36(25-6-4-3-5-21(18)25)14-17-7-8-19(29)11-23(17)31/h3-13,15-16,26H,14H2,1-2H3,(H,34,37)(H,35,38)/b33-13-. The molecule has 0 saturated carbocycles. The summed E-state index contributed by atoms with van der Waals surface area (Å²) in [6.07, 6.45) is 3.52. The van der Waals surface area contributed by atoms with Gasteiger partial charge < -0.3 is 9.88 Å². The molecule has 3 aromatic carbocycles. The van der Waals surface area contributed by atoms with Gasteiger partial charge in [-0.25, -0.2) is 5.43 Å². The molecule has 4 aromatic rings. The lowest BCUT2D eigenvalue weighted by atomic mass is 10.0. The highest BCUT2D eigenvalue weighted by molar-refractivity contribution is 6.37. The average molecular weight is 590 g/mol. The van der Waals surface area contributed by atoms with Crippen molar-refractivity contribution < 1.29 is 9.59 Å². The number of halogens is 4. The minimum absolute atomic E-state index is 0.201. The van der Waals surface area contributed by atoms with Crippen LogP contribution in [0, 0.1) is 5.92 Å². The predicted molar refractivity (Wildman–Crippen MR) is 156 cm³/mol. The van der Waals surface area contributed by atoms with E-state index in [0.717, 1.165) is 22.0 Å². The van der Waals surface area contributed by atoms with E-state index in [1.165, 1.54) is 12.1 Å². The quantitative estimate of drug-likeness (QED) is 0.168. The molecule has 0 radical (unpaired) electrons. The maximum atomic E-state index is 12.9. The van der Waals surface area contributed by atoms with Gasteiger partial charge in [-0.2, -0.15) is 5.10 Å². The molecule has 0 aliphatic rings. The summed E-state index contributed by atoms with van der Waals surface area (Å²) in [7, 11) is 0. The number of nitrogens with one attached hydrogen (secondary N) is 2. The van der Waals surface area contributed by atoms with Crippen LogP contribution in [0.3, 0.4) is 0 Å². The van der Waals surface area contributed by atoms with Gasteiger partial charge in [0.25, 0.3) is 11.8 Å². The fraction of sp³-hybridized carbons (Fsp3) is 0.179. The number of nitrogens with zero attached hydrogens (tertiary/aromatic N) is 2. The summed E-state index contributed by atoms with van der Waals surface area (Å²) in [5, 5.41) is 9.64. The first-order valence-corrected chi connectivity index (χ1v) is 13.3. The van der Waals surface area contributed by atoms with Crippen LogP contribution in [0.15, 0.2) is 72.0 Å². The van der Waals surface area contributed by atoms with Crippen molar-refractivity contribution in [3.05, 3.63) is 104 Å². The summed E-state index contributed by atoms with van der Waals surface area (Å²) < 4.78 is 2.06. The lowest BCUT2D eigenvalue weighted by Crippen LogP contribution is -2.48. The third-order valence-electron chi connectivity index (χ3n) is 5.97. The number of rotatable bonds is 8. The first-order chi connectivity index (χ1) is 18.1. The molecule has 38 heavy (non-hydrogen) atoms. The first-order valence-electron chi connectivity index (χ1n) is 11.7. The van der Waals surface area contributed by atoms with Crippen molar-refractivity contribution in [3.8, 4) is 0 Å². The highest BCUT2D eigenvalue weighted by Gasteiger charge is 2.25. The van der Waals surface area contributed by atoms with E-state index in [9.17, 15) is 9.59 Å². The first kappa shape index (κ1) is 28.0. The number of hydrogen-bond donors (Lipinski definition) is 2. The normalized spacial score (nSPS) is 12.3. The van der Waals surface area contributed by atoms with Gasteiger partial charge in [0.1, 0.15) is 6.04 Å². The summed E-state index contributed by atoms with van der Waals surface area (Å²) in [5.74, 6) is -1.13. The van der Waals surface area contributed by atoms with Crippen LogP contribution in [-0.2, 0) is 11.3 Å². The zero-order chi connectivity index (χ0) is 27.4. The van der Waals surface area contributed by atoms with E-state index in [1.807, 2.05) is 50.4 Å². The Morgan fingerprint density at radius 1 is 0.947 bits per heavy atom. The molecule has 6 nitrogen and oxygen atoms in total. The largest absolute Gasteiger partial charge is 0.342 e. The topological polar surface area (TPSA) is 75.5 Å². The van der Waals surface area contributed by atoms with Gasteiger partial charge >= 0.3 is 0 Å². The molecular weight excluding hydrogens is 566 g/mol. The van der Waals surface area contributed by atoms with E-state index >= 15 is 0 Å². The van der Waals surface area contributed by atoms with Gasteiger partial charge in [-0.1, -0.05) is 84.5 Å². The van der Waals surface area contributed by atoms with Crippen LogP contribution in [0.25, 0.3) is 10.9 Å². The molecule has 0 spiro atoms. The smallest absolute Gasteiger partial charge is 0.262 e. The van der Waals surface area contributed by atoms with E-state index in [0.29, 0.717) is 21.6 Å². The van der Waals surface area contributed by atoms with Gasteiger partial charge in [-0.05, 0) is 47.9 Å². The summed E-state index contributed by atoms with van der Waals surface area (Å²) in [4.78, 5) is 25.7. The van der Waals surface area contributed by atoms with Crippen molar-refractivity contribution in [1.29, 1.82) is 0 Å². The number of carbonyl (C=O) groups is 2. The third-order valence-corrected chi connectivity index (χ3v) is 7.10. The lowest BCUT2D eigenvalue weighted by molar-refractivity contribution is -0.123. The van der Waals surface area contributed by atoms with E-state index in [2.05, 4.69) is 20.4 Å². The molecule has 1 heterocycles. The van der Waals surface area contributed by atoms with Crippen LogP contribution in [-0.4, -0.2) is 28.6 Å². The summed E-state index contributed by atoms with van der Waals surface area (Å²) in [5.41, 5.74) is 5.49. The molecule has 1 atom stereocenters. The fourth-order valence-corrected chi connectivity index (χ4v) is 4.97. The van der Waals surface area contributed by atoms with Crippen LogP contribution in [0.5, 0.6) is 0 Å². The number of benzene rings is 3. The number of para-hydroxylation sites is 1. The molecule has 0 saturated heterocycles. The number of amides is 2. The Balaban J connectivity index is 1.50. The zero-order valence-electron chi connectivity index (χ0n) is 20.5. The second-order valence-electron chi connectivity index (χ2n) is 9.02. The minimum Gasteiger partial charge on any atom is -0.342 e. The van der Waals surface area contributed by atoms with Crippen LogP contribution in [0.4, 0.5) is 0 Å². The van der Waals surface area contributed by atoms with Crippen LogP contribution >= 0.6 is 46.4 Å². The van der Waals surface area contributed by atoms with Crippen molar-refractivity contribution in [1.82, 2.24) is 15.3 Å². The van der Waals surface area contributed by atoms with Crippen molar-refractivity contribution >= 4 is 75.3 Å². The molecule has 4 rings (SSSR count). The van der Waals surface area contributed by atoms with Crippen molar-refractivity contribution in [2.45, 2.75) is 26.4 Å². The highest BCUT2D eigenvalue weighted by atomic mass is 35.5. The maximum absolute atomic E-state index is 12.9. The maximum Gasteiger partial charge on any atom is 0.262 e. The fourth-order valence-electron chi connectivity index (χ4n) is 4.00. The zero-order valence-corrected chi connectivity index (χ0v) is 23.5. The van der Waals surface area contributed by atoms with Gasteiger partial charge in [0.2, 0.25) is 0 Å². The Morgan fingerprint density at radius 2 is 1.63 bits per heavy atom. The van der Waals surface area contributed by atoms with Crippen LogP contribution in [0.1, 0.15) is 35.3 Å². The number of fused-ring (bicyclic) bond motifs is 1. The van der Waals surface area contributed by atoms with Gasteiger partial charge in [-0.15, -0.1) is 0 Å². The van der Waals surface area contributed by atoms with E-state index < -0.39 is 17.9 Å². The van der Waals surface area contributed by atoms with Crippen molar-refractivity contribution in [2.24, 2.45) is 11.0 Å². The highest BCUT2D eigenvalue weighted by Crippen LogP contribution is 2.26. The van der Waals surface area contributed by atoms with Gasteiger partial charge in [0.05, 0.1) is 16.8 Å². The molecule has 196 valence electrons. The van der Waals surface area contributed by atoms with Crippen LogP contribution < -0.4 is 10.7 Å². The number of hydrazone groups is 1. The summed E-state index contributed by atoms with van der Waals surface area (Å²) >= 11 is 24.5. The second kappa shape index (κ2) is 12.2. The monoisotopic (exact) mass is 588 g/mol. The molecule has 1 aromatic heterocycles. The van der Waals surface area contributed by atoms with E-state index in [-0.39, 0.29) is 16.5 Å². The molecule has 0 fully saturated rings. The Bertz CT molecular complexity index is 1530. The third kappa shape index (κ3) is 6.51. The summed E-state index contributed by atoms with van der Waals surface area (Å²) in [6.45, 7) is 4.19. The van der Waals surface area contributed by atoms with Crippen LogP contribution in [0.2, 0.25) is 20.1 Å². The van der Waals surface area contributed by atoms with Gasteiger partial charge in [-0.3, -0.25) is 9.59 Å². The van der Waals surface area contributed by atoms with Crippen molar-refractivity contribution in [2.75, 3.05) is 0 Å². The Hall–Kier alpha value is -3.03. The molecule has 0 bridgehead atoms. The molecule has 10 heteroatoms. The predicted octanol–water partition coefficient (Wildman–Crippen LogP) is 7.21. The number of aromatic nitrogens is 1. The molecule has 0 aliphatic heterocycles. The van der Waals surface area contributed by atoms with Gasteiger partial charge in [0, 0.05) is 44.3 Å². The Labute approximate surface area is 240 Å². The second-order valence-corrected chi connectivity index (χ2v) is 10.7. The minimum atomic E-state index is -0.834.